The minimum Gasteiger partial charge on any atom is -0.377 e. The van der Waals surface area contributed by atoms with Crippen LogP contribution in [-0.4, -0.2) is 19.9 Å². The van der Waals surface area contributed by atoms with Crippen LogP contribution in [0.1, 0.15) is 12.5 Å². The molecule has 0 N–H and O–H groups in total. The van der Waals surface area contributed by atoms with E-state index in [1.807, 2.05) is 49.3 Å². The fourth-order valence-electron chi connectivity index (χ4n) is 1.24. The Bertz CT molecular complexity index is 353. The maximum Gasteiger partial charge on any atom is 0.152 e. The van der Waals surface area contributed by atoms with E-state index < -0.39 is 0 Å². The van der Waals surface area contributed by atoms with Gasteiger partial charge in [-0.1, -0.05) is 18.2 Å². The molecule has 0 saturated heterocycles. The van der Waals surface area contributed by atoms with Crippen molar-refractivity contribution in [3.8, 4) is 0 Å². The highest BCUT2D eigenvalue weighted by Gasteiger charge is 1.99. The third-order valence-electron chi connectivity index (χ3n) is 1.92. The molecule has 1 aromatic rings. The van der Waals surface area contributed by atoms with Gasteiger partial charge in [0.25, 0.3) is 0 Å². The monoisotopic (exact) mass is 189 g/mol. The minimum absolute atomic E-state index is 0.0681. The summed E-state index contributed by atoms with van der Waals surface area (Å²) in [6, 6.07) is 7.97. The van der Waals surface area contributed by atoms with Crippen molar-refractivity contribution in [3.63, 3.8) is 0 Å². The molecule has 0 atom stereocenters. The summed E-state index contributed by atoms with van der Waals surface area (Å²) < 4.78 is 0. The molecule has 0 bridgehead atoms. The first-order chi connectivity index (χ1) is 6.61. The van der Waals surface area contributed by atoms with E-state index in [-0.39, 0.29) is 5.78 Å². The number of hydrogen-bond acceptors (Lipinski definition) is 2. The molecule has 0 aliphatic rings. The molecule has 0 radical (unpaired) electrons. The Morgan fingerprint density at radius 3 is 2.50 bits per heavy atom. The Morgan fingerprint density at radius 1 is 1.29 bits per heavy atom. The number of ketones is 1. The standard InChI is InChI=1S/C12H15NO/c1-10(14)8-9-11-6-4-5-7-12(11)13(2)3/h4-9H,1-3H3/b9-8+. The first-order valence-electron chi connectivity index (χ1n) is 4.56. The van der Waals surface area contributed by atoms with Gasteiger partial charge in [-0.05, 0) is 30.7 Å². The number of carbonyl (C=O) groups excluding carboxylic acids is 1. The maximum atomic E-state index is 10.8. The van der Waals surface area contributed by atoms with Crippen LogP contribution < -0.4 is 4.90 Å². The molecule has 0 aliphatic heterocycles. The van der Waals surface area contributed by atoms with Gasteiger partial charge in [0.05, 0.1) is 0 Å². The Labute approximate surface area is 84.9 Å². The van der Waals surface area contributed by atoms with Crippen molar-refractivity contribution in [1.82, 2.24) is 0 Å². The van der Waals surface area contributed by atoms with Crippen molar-refractivity contribution >= 4 is 17.5 Å². The van der Waals surface area contributed by atoms with E-state index in [0.717, 1.165) is 11.3 Å². The Morgan fingerprint density at radius 2 is 1.93 bits per heavy atom. The molecule has 0 fully saturated rings. The number of nitrogens with zero attached hydrogens (tertiary/aromatic N) is 1. The van der Waals surface area contributed by atoms with Crippen LogP contribution in [0.4, 0.5) is 5.69 Å². The third kappa shape index (κ3) is 2.73. The number of rotatable bonds is 3. The van der Waals surface area contributed by atoms with E-state index in [2.05, 4.69) is 0 Å². The second-order valence-electron chi connectivity index (χ2n) is 3.40. The molecule has 2 heteroatoms. The summed E-state index contributed by atoms with van der Waals surface area (Å²) in [6.45, 7) is 1.55. The van der Waals surface area contributed by atoms with Gasteiger partial charge < -0.3 is 4.90 Å². The summed E-state index contributed by atoms with van der Waals surface area (Å²) in [4.78, 5) is 12.8. The second kappa shape index (κ2) is 4.61. The Kier molecular flexibility index (Phi) is 3.46. The summed E-state index contributed by atoms with van der Waals surface area (Å²) in [7, 11) is 3.97. The van der Waals surface area contributed by atoms with Crippen molar-refractivity contribution < 1.29 is 4.79 Å². The summed E-state index contributed by atoms with van der Waals surface area (Å²) in [5, 5.41) is 0. The summed E-state index contributed by atoms with van der Waals surface area (Å²) in [6.07, 6.45) is 3.43. The van der Waals surface area contributed by atoms with Crippen LogP contribution >= 0.6 is 0 Å². The number of allylic oxidation sites excluding steroid dienone is 1. The average Bonchev–Trinajstić information content (AvgIpc) is 2.15. The van der Waals surface area contributed by atoms with Crippen LogP contribution in [0.2, 0.25) is 0 Å². The predicted molar refractivity (Wildman–Crippen MR) is 60.5 cm³/mol. The van der Waals surface area contributed by atoms with Gasteiger partial charge in [-0.2, -0.15) is 0 Å². The number of benzene rings is 1. The molecule has 0 aliphatic carbocycles. The maximum absolute atomic E-state index is 10.8. The average molecular weight is 189 g/mol. The molecule has 74 valence electrons. The quantitative estimate of drug-likeness (QED) is 0.680. The van der Waals surface area contributed by atoms with E-state index in [1.54, 1.807) is 13.0 Å². The molecule has 0 aromatic heterocycles. The summed E-state index contributed by atoms with van der Waals surface area (Å²) in [5.41, 5.74) is 2.18. The molecule has 14 heavy (non-hydrogen) atoms. The zero-order chi connectivity index (χ0) is 10.6. The molecule has 0 heterocycles. The highest BCUT2D eigenvalue weighted by Crippen LogP contribution is 2.18. The van der Waals surface area contributed by atoms with Crippen molar-refractivity contribution in [1.29, 1.82) is 0 Å². The smallest absolute Gasteiger partial charge is 0.152 e. The summed E-state index contributed by atoms with van der Waals surface area (Å²) in [5.74, 6) is 0.0681. The highest BCUT2D eigenvalue weighted by atomic mass is 16.1. The molecule has 0 amide bonds. The molecule has 0 unspecified atom stereocenters. The number of carbonyl (C=O) groups is 1. The van der Waals surface area contributed by atoms with Gasteiger partial charge in [-0.3, -0.25) is 4.79 Å². The van der Waals surface area contributed by atoms with E-state index in [1.165, 1.54) is 0 Å². The largest absolute Gasteiger partial charge is 0.377 e. The van der Waals surface area contributed by atoms with Gasteiger partial charge in [-0.25, -0.2) is 0 Å². The highest BCUT2D eigenvalue weighted by molar-refractivity contribution is 5.92. The summed E-state index contributed by atoms with van der Waals surface area (Å²) >= 11 is 0. The molecular weight excluding hydrogens is 174 g/mol. The van der Waals surface area contributed by atoms with Crippen LogP contribution in [0.25, 0.3) is 6.08 Å². The predicted octanol–water partition coefficient (Wildman–Crippen LogP) is 2.35. The van der Waals surface area contributed by atoms with Crippen LogP contribution in [0.15, 0.2) is 30.3 Å². The molecule has 0 spiro atoms. The minimum atomic E-state index is 0.0681. The van der Waals surface area contributed by atoms with Crippen LogP contribution in [0.5, 0.6) is 0 Å². The van der Waals surface area contributed by atoms with E-state index in [0.29, 0.717) is 0 Å². The van der Waals surface area contributed by atoms with Gasteiger partial charge >= 0.3 is 0 Å². The Balaban J connectivity index is 3.01. The number of anilines is 1. The van der Waals surface area contributed by atoms with Crippen LogP contribution in [0.3, 0.4) is 0 Å². The van der Waals surface area contributed by atoms with Gasteiger partial charge in [-0.15, -0.1) is 0 Å². The van der Waals surface area contributed by atoms with Crippen molar-refractivity contribution in [2.45, 2.75) is 6.92 Å². The molecule has 2 nitrogen and oxygen atoms in total. The Hall–Kier alpha value is -1.57. The number of hydrogen-bond donors (Lipinski definition) is 0. The first-order valence-corrected chi connectivity index (χ1v) is 4.56. The molecule has 1 rings (SSSR count). The molecular formula is C12H15NO. The van der Waals surface area contributed by atoms with Crippen LogP contribution in [0, 0.1) is 0 Å². The zero-order valence-corrected chi connectivity index (χ0v) is 8.82. The zero-order valence-electron chi connectivity index (χ0n) is 8.82. The topological polar surface area (TPSA) is 20.3 Å². The van der Waals surface area contributed by atoms with Gasteiger partial charge in [0.1, 0.15) is 0 Å². The fraction of sp³-hybridized carbons (Fsp3) is 0.250. The van der Waals surface area contributed by atoms with Gasteiger partial charge in [0, 0.05) is 19.8 Å². The lowest BCUT2D eigenvalue weighted by atomic mass is 10.1. The lowest BCUT2D eigenvalue weighted by Crippen LogP contribution is -2.09. The lowest BCUT2D eigenvalue weighted by molar-refractivity contribution is -0.112. The second-order valence-corrected chi connectivity index (χ2v) is 3.40. The van der Waals surface area contributed by atoms with Gasteiger partial charge in [0.15, 0.2) is 5.78 Å². The van der Waals surface area contributed by atoms with Gasteiger partial charge in [0.2, 0.25) is 0 Å². The first kappa shape index (κ1) is 10.5. The molecule has 1 aromatic carbocycles. The van der Waals surface area contributed by atoms with Crippen molar-refractivity contribution in [2.24, 2.45) is 0 Å². The normalized spacial score (nSPS) is 10.5. The SMILES string of the molecule is CC(=O)/C=C/c1ccccc1N(C)C. The van der Waals surface area contributed by atoms with Crippen LogP contribution in [-0.2, 0) is 4.79 Å². The fourth-order valence-corrected chi connectivity index (χ4v) is 1.24. The number of para-hydroxylation sites is 1. The van der Waals surface area contributed by atoms with E-state index in [9.17, 15) is 4.79 Å². The molecule has 0 saturated carbocycles. The van der Waals surface area contributed by atoms with Crippen molar-refractivity contribution in [2.75, 3.05) is 19.0 Å². The van der Waals surface area contributed by atoms with Crippen molar-refractivity contribution in [3.05, 3.63) is 35.9 Å². The lowest BCUT2D eigenvalue weighted by Gasteiger charge is -2.14. The van der Waals surface area contributed by atoms with E-state index >= 15 is 0 Å². The van der Waals surface area contributed by atoms with E-state index in [4.69, 9.17) is 0 Å². The third-order valence-corrected chi connectivity index (χ3v) is 1.92.